The maximum Gasteiger partial charge on any atom is 0.0140 e. The van der Waals surface area contributed by atoms with Gasteiger partial charge >= 0.3 is 0 Å². The summed E-state index contributed by atoms with van der Waals surface area (Å²) in [5.41, 5.74) is 0. The van der Waals surface area contributed by atoms with Crippen molar-refractivity contribution in [1.82, 2.24) is 0 Å². The van der Waals surface area contributed by atoms with E-state index < -0.39 is 0 Å². The summed E-state index contributed by atoms with van der Waals surface area (Å²) < 4.78 is 1.02. The molecule has 0 bridgehead atoms. The first-order valence-corrected chi connectivity index (χ1v) is 6.26. The monoisotopic (exact) mass is 264 g/mol. The van der Waals surface area contributed by atoms with Crippen LogP contribution in [0.2, 0.25) is 0 Å². The van der Waals surface area contributed by atoms with E-state index in [0.29, 0.717) is 0 Å². The highest BCUT2D eigenvalue weighted by Gasteiger charge is 2.33. The fraction of sp³-hybridized carbons (Fsp3) is 1.00. The lowest BCUT2D eigenvalue weighted by molar-refractivity contribution is 0.360. The summed E-state index contributed by atoms with van der Waals surface area (Å²) in [6, 6.07) is 0. The highest BCUT2D eigenvalue weighted by molar-refractivity contribution is 14.1. The van der Waals surface area contributed by atoms with Crippen LogP contribution in [-0.4, -0.2) is 3.92 Å². The molecule has 0 aliphatic heterocycles. The van der Waals surface area contributed by atoms with Crippen molar-refractivity contribution in [2.45, 2.75) is 48.9 Å². The minimum absolute atomic E-state index is 1.02. The molecule has 2 fully saturated rings. The number of hydrogen-bond donors (Lipinski definition) is 0. The predicted molar refractivity (Wildman–Crippen MR) is 57.1 cm³/mol. The molecule has 0 heterocycles. The minimum Gasteiger partial charge on any atom is -0.0823 e. The van der Waals surface area contributed by atoms with Gasteiger partial charge < -0.3 is 0 Å². The Kier molecular flexibility index (Phi) is 2.75. The van der Waals surface area contributed by atoms with E-state index in [9.17, 15) is 0 Å². The van der Waals surface area contributed by atoms with Crippen LogP contribution in [-0.2, 0) is 0 Å². The van der Waals surface area contributed by atoms with E-state index in [0.717, 1.165) is 15.8 Å². The molecule has 2 atom stereocenters. The van der Waals surface area contributed by atoms with Gasteiger partial charge in [0.2, 0.25) is 0 Å². The second kappa shape index (κ2) is 3.63. The molecule has 0 aromatic rings. The average Bonchev–Trinajstić information content (AvgIpc) is 2.55. The number of rotatable bonds is 1. The van der Waals surface area contributed by atoms with Gasteiger partial charge in [-0.05, 0) is 24.7 Å². The molecule has 0 spiro atoms. The minimum atomic E-state index is 1.02. The van der Waals surface area contributed by atoms with Crippen molar-refractivity contribution in [1.29, 1.82) is 0 Å². The first-order valence-electron chi connectivity index (χ1n) is 5.02. The fourth-order valence-corrected chi connectivity index (χ4v) is 4.25. The van der Waals surface area contributed by atoms with Gasteiger partial charge in [0, 0.05) is 3.92 Å². The van der Waals surface area contributed by atoms with Gasteiger partial charge in [-0.3, -0.25) is 0 Å². The number of halogens is 1. The zero-order valence-corrected chi connectivity index (χ0v) is 9.22. The Hall–Kier alpha value is 0.730. The Morgan fingerprint density at radius 3 is 2.09 bits per heavy atom. The third kappa shape index (κ3) is 1.73. The van der Waals surface area contributed by atoms with Crippen LogP contribution in [0.1, 0.15) is 44.9 Å². The van der Waals surface area contributed by atoms with E-state index in [1.807, 2.05) is 0 Å². The van der Waals surface area contributed by atoms with Gasteiger partial charge in [-0.2, -0.15) is 0 Å². The highest BCUT2D eigenvalue weighted by atomic mass is 127. The number of hydrogen-bond acceptors (Lipinski definition) is 0. The Bertz CT molecular complexity index is 127. The molecule has 0 amide bonds. The van der Waals surface area contributed by atoms with Gasteiger partial charge in [0.25, 0.3) is 0 Å². The standard InChI is InChI=1S/C10H17I/c11-10-7-3-6-9(10)8-4-1-2-5-8/h8-10H,1-7H2/t9-,10-/m0/s1. The largest absolute Gasteiger partial charge is 0.0823 e. The molecule has 0 saturated heterocycles. The highest BCUT2D eigenvalue weighted by Crippen LogP contribution is 2.43. The average molecular weight is 264 g/mol. The SMILES string of the molecule is I[C@H]1CCC[C@H]1C1CCCC1. The Balaban J connectivity index is 1.92. The first-order chi connectivity index (χ1) is 5.38. The van der Waals surface area contributed by atoms with Crippen molar-refractivity contribution in [2.24, 2.45) is 11.8 Å². The van der Waals surface area contributed by atoms with Crippen LogP contribution in [0.4, 0.5) is 0 Å². The molecular formula is C10H17I. The van der Waals surface area contributed by atoms with Gasteiger partial charge in [0.05, 0.1) is 0 Å². The van der Waals surface area contributed by atoms with Crippen LogP contribution < -0.4 is 0 Å². The van der Waals surface area contributed by atoms with Crippen molar-refractivity contribution >= 4 is 22.6 Å². The van der Waals surface area contributed by atoms with Gasteiger partial charge in [0.15, 0.2) is 0 Å². The lowest BCUT2D eigenvalue weighted by atomic mass is 9.90. The van der Waals surface area contributed by atoms with Gasteiger partial charge in [-0.15, -0.1) is 0 Å². The predicted octanol–water partition coefficient (Wildman–Crippen LogP) is 3.78. The van der Waals surface area contributed by atoms with Gasteiger partial charge in [-0.1, -0.05) is 54.7 Å². The molecule has 0 aromatic heterocycles. The van der Waals surface area contributed by atoms with Crippen molar-refractivity contribution < 1.29 is 0 Å². The molecule has 0 nitrogen and oxygen atoms in total. The maximum absolute atomic E-state index is 2.68. The molecule has 11 heavy (non-hydrogen) atoms. The van der Waals surface area contributed by atoms with Crippen molar-refractivity contribution in [2.75, 3.05) is 0 Å². The third-order valence-corrected chi connectivity index (χ3v) is 5.03. The molecule has 0 unspecified atom stereocenters. The molecular weight excluding hydrogens is 247 g/mol. The summed E-state index contributed by atoms with van der Waals surface area (Å²) in [6.45, 7) is 0. The van der Waals surface area contributed by atoms with Crippen LogP contribution in [0.15, 0.2) is 0 Å². The summed E-state index contributed by atoms with van der Waals surface area (Å²) in [5.74, 6) is 2.23. The first kappa shape index (κ1) is 8.33. The summed E-state index contributed by atoms with van der Waals surface area (Å²) in [7, 11) is 0. The third-order valence-electron chi connectivity index (χ3n) is 3.49. The van der Waals surface area contributed by atoms with Gasteiger partial charge in [0.1, 0.15) is 0 Å². The van der Waals surface area contributed by atoms with E-state index in [-0.39, 0.29) is 0 Å². The quantitative estimate of drug-likeness (QED) is 0.499. The molecule has 2 rings (SSSR count). The zero-order chi connectivity index (χ0) is 7.68. The molecule has 2 saturated carbocycles. The lowest BCUT2D eigenvalue weighted by Gasteiger charge is -2.20. The molecule has 2 aliphatic carbocycles. The molecule has 0 radical (unpaired) electrons. The van der Waals surface area contributed by atoms with Crippen molar-refractivity contribution in [3.63, 3.8) is 0 Å². The van der Waals surface area contributed by atoms with E-state index in [1.54, 1.807) is 12.8 Å². The second-order valence-electron chi connectivity index (χ2n) is 4.16. The summed E-state index contributed by atoms with van der Waals surface area (Å²) in [6.07, 6.45) is 10.7. The zero-order valence-electron chi connectivity index (χ0n) is 7.06. The van der Waals surface area contributed by atoms with E-state index >= 15 is 0 Å². The topological polar surface area (TPSA) is 0 Å². The molecule has 64 valence electrons. The van der Waals surface area contributed by atoms with Crippen LogP contribution in [0.5, 0.6) is 0 Å². The second-order valence-corrected chi connectivity index (χ2v) is 5.76. The molecule has 2 aliphatic rings. The Morgan fingerprint density at radius 1 is 0.818 bits per heavy atom. The molecule has 0 N–H and O–H groups in total. The van der Waals surface area contributed by atoms with Crippen LogP contribution >= 0.6 is 22.6 Å². The fourth-order valence-electron chi connectivity index (χ4n) is 2.86. The normalized spacial score (nSPS) is 40.1. The number of alkyl halides is 1. The summed E-state index contributed by atoms with van der Waals surface area (Å²) in [4.78, 5) is 0. The smallest absolute Gasteiger partial charge is 0.0140 e. The van der Waals surface area contributed by atoms with Gasteiger partial charge in [-0.25, -0.2) is 0 Å². The van der Waals surface area contributed by atoms with Crippen molar-refractivity contribution in [3.05, 3.63) is 0 Å². The van der Waals surface area contributed by atoms with Crippen LogP contribution in [0, 0.1) is 11.8 Å². The van der Waals surface area contributed by atoms with E-state index in [1.165, 1.54) is 32.1 Å². The van der Waals surface area contributed by atoms with E-state index in [4.69, 9.17) is 0 Å². The Morgan fingerprint density at radius 2 is 1.55 bits per heavy atom. The molecule has 1 heteroatoms. The van der Waals surface area contributed by atoms with Crippen LogP contribution in [0.3, 0.4) is 0 Å². The summed E-state index contributed by atoms with van der Waals surface area (Å²) in [5, 5.41) is 0. The Labute approximate surface area is 83.3 Å². The maximum atomic E-state index is 2.68. The van der Waals surface area contributed by atoms with Crippen molar-refractivity contribution in [3.8, 4) is 0 Å². The van der Waals surface area contributed by atoms with E-state index in [2.05, 4.69) is 22.6 Å². The molecule has 0 aromatic carbocycles. The van der Waals surface area contributed by atoms with Crippen LogP contribution in [0.25, 0.3) is 0 Å². The summed E-state index contributed by atoms with van der Waals surface area (Å²) >= 11 is 2.68. The lowest BCUT2D eigenvalue weighted by Crippen LogP contribution is -2.15.